The first-order valence-corrected chi connectivity index (χ1v) is 9.11. The van der Waals surface area contributed by atoms with Gasteiger partial charge in [-0.05, 0) is 39.0 Å². The largest absolute Gasteiger partial charge is 0.306 e. The van der Waals surface area contributed by atoms with Crippen LogP contribution in [0.15, 0.2) is 11.8 Å². The zero-order valence-corrected chi connectivity index (χ0v) is 11.1. The molecule has 1 fully saturated rings. The maximum atomic E-state index is 4.15. The summed E-state index contributed by atoms with van der Waals surface area (Å²) in [6, 6.07) is 0. The SMILES string of the molecule is C=C(C)[Si](C)(C)CN1CCCCCC1. The highest BCUT2D eigenvalue weighted by atomic mass is 28.3. The molecule has 0 amide bonds. The van der Waals surface area contributed by atoms with Crippen molar-refractivity contribution in [3.05, 3.63) is 11.8 Å². The number of hydrogen-bond donors (Lipinski definition) is 0. The first-order valence-electron chi connectivity index (χ1n) is 5.91. The first kappa shape index (κ1) is 12.0. The van der Waals surface area contributed by atoms with Gasteiger partial charge >= 0.3 is 0 Å². The van der Waals surface area contributed by atoms with E-state index >= 15 is 0 Å². The highest BCUT2D eigenvalue weighted by Crippen LogP contribution is 2.17. The van der Waals surface area contributed by atoms with Crippen LogP contribution >= 0.6 is 0 Å². The molecule has 0 aromatic carbocycles. The predicted molar refractivity (Wildman–Crippen MR) is 67.2 cm³/mol. The standard InChI is InChI=1S/C12H25NSi/c1-12(2)14(3,4)11-13-9-7-5-6-8-10-13/h1,5-11H2,2-4H3. The van der Waals surface area contributed by atoms with Gasteiger partial charge in [0.05, 0.1) is 8.07 Å². The number of likely N-dealkylation sites (tertiary alicyclic amines) is 1. The van der Waals surface area contributed by atoms with E-state index in [0.29, 0.717) is 0 Å². The summed E-state index contributed by atoms with van der Waals surface area (Å²) in [6.45, 7) is 13.9. The normalized spacial score (nSPS) is 20.5. The smallest absolute Gasteiger partial charge is 0.0886 e. The predicted octanol–water partition coefficient (Wildman–Crippen LogP) is 3.23. The van der Waals surface area contributed by atoms with Gasteiger partial charge in [-0.15, -0.1) is 6.58 Å². The Morgan fingerprint density at radius 3 is 2.07 bits per heavy atom. The fourth-order valence-corrected chi connectivity index (χ4v) is 3.69. The van der Waals surface area contributed by atoms with Gasteiger partial charge in [-0.3, -0.25) is 0 Å². The number of rotatable bonds is 3. The van der Waals surface area contributed by atoms with Crippen molar-refractivity contribution >= 4 is 8.07 Å². The molecule has 2 heteroatoms. The molecule has 0 saturated carbocycles. The third-order valence-electron chi connectivity index (χ3n) is 3.47. The minimum absolute atomic E-state index is 1.16. The molecule has 1 aliphatic heterocycles. The molecule has 1 rings (SSSR count). The van der Waals surface area contributed by atoms with Crippen LogP contribution in [0.5, 0.6) is 0 Å². The molecular weight excluding hydrogens is 186 g/mol. The summed E-state index contributed by atoms with van der Waals surface area (Å²) < 4.78 is 0. The second kappa shape index (κ2) is 5.13. The van der Waals surface area contributed by atoms with Crippen LogP contribution in [-0.2, 0) is 0 Å². The van der Waals surface area contributed by atoms with Gasteiger partial charge in [0.2, 0.25) is 0 Å². The molecule has 1 saturated heterocycles. The zero-order valence-electron chi connectivity index (χ0n) is 10.1. The van der Waals surface area contributed by atoms with E-state index in [1.807, 2.05) is 0 Å². The van der Waals surface area contributed by atoms with Crippen molar-refractivity contribution in [2.24, 2.45) is 0 Å². The molecule has 0 radical (unpaired) electrons. The van der Waals surface area contributed by atoms with Crippen LogP contribution in [0.1, 0.15) is 32.6 Å². The Morgan fingerprint density at radius 2 is 1.64 bits per heavy atom. The highest BCUT2D eigenvalue weighted by Gasteiger charge is 2.25. The summed E-state index contributed by atoms with van der Waals surface area (Å²) in [5.41, 5.74) is 0. The van der Waals surface area contributed by atoms with Crippen molar-refractivity contribution < 1.29 is 0 Å². The van der Waals surface area contributed by atoms with E-state index in [2.05, 4.69) is 31.5 Å². The summed E-state index contributed by atoms with van der Waals surface area (Å²) in [4.78, 5) is 2.67. The van der Waals surface area contributed by atoms with E-state index in [1.165, 1.54) is 50.1 Å². The molecule has 0 unspecified atom stereocenters. The van der Waals surface area contributed by atoms with Crippen LogP contribution in [-0.4, -0.2) is 32.2 Å². The second-order valence-electron chi connectivity index (χ2n) is 5.35. The minimum Gasteiger partial charge on any atom is -0.306 e. The minimum atomic E-state index is -1.16. The van der Waals surface area contributed by atoms with E-state index < -0.39 is 8.07 Å². The lowest BCUT2D eigenvalue weighted by Gasteiger charge is -2.30. The Kier molecular flexibility index (Phi) is 4.39. The Bertz CT molecular complexity index is 190. The summed E-state index contributed by atoms with van der Waals surface area (Å²) in [5, 5.41) is 1.45. The molecule has 0 aromatic rings. The molecule has 1 heterocycles. The quantitative estimate of drug-likeness (QED) is 0.648. The Morgan fingerprint density at radius 1 is 1.14 bits per heavy atom. The summed E-state index contributed by atoms with van der Waals surface area (Å²) in [7, 11) is -1.16. The van der Waals surface area contributed by atoms with Crippen LogP contribution in [0, 0.1) is 0 Å². The van der Waals surface area contributed by atoms with E-state index in [0.717, 1.165) is 0 Å². The summed E-state index contributed by atoms with van der Waals surface area (Å²) in [5.74, 6) is 0. The van der Waals surface area contributed by atoms with Crippen molar-refractivity contribution in [2.45, 2.75) is 45.7 Å². The molecule has 1 aliphatic rings. The molecule has 0 atom stereocenters. The van der Waals surface area contributed by atoms with E-state index in [4.69, 9.17) is 0 Å². The van der Waals surface area contributed by atoms with Crippen LogP contribution in [0.2, 0.25) is 13.1 Å². The Balaban J connectivity index is 2.45. The molecule has 0 bridgehead atoms. The highest BCUT2D eigenvalue weighted by molar-refractivity contribution is 6.84. The van der Waals surface area contributed by atoms with Crippen molar-refractivity contribution in [2.75, 3.05) is 19.3 Å². The number of allylic oxidation sites excluding steroid dienone is 1. The van der Waals surface area contributed by atoms with Gasteiger partial charge in [0.1, 0.15) is 0 Å². The van der Waals surface area contributed by atoms with Gasteiger partial charge in [0.15, 0.2) is 0 Å². The van der Waals surface area contributed by atoms with Gasteiger partial charge in [-0.2, -0.15) is 0 Å². The fourth-order valence-electron chi connectivity index (χ4n) is 1.99. The van der Waals surface area contributed by atoms with Gasteiger partial charge in [0, 0.05) is 0 Å². The van der Waals surface area contributed by atoms with Crippen molar-refractivity contribution in [3.8, 4) is 0 Å². The fraction of sp³-hybridized carbons (Fsp3) is 0.833. The lowest BCUT2D eigenvalue weighted by atomic mass is 10.2. The Hall–Kier alpha value is -0.0831. The molecule has 0 aliphatic carbocycles. The second-order valence-corrected chi connectivity index (χ2v) is 10.3. The zero-order chi connectivity index (χ0) is 10.6. The molecule has 0 N–H and O–H groups in total. The van der Waals surface area contributed by atoms with Crippen LogP contribution in [0.25, 0.3) is 0 Å². The van der Waals surface area contributed by atoms with Gasteiger partial charge in [-0.1, -0.05) is 31.1 Å². The van der Waals surface area contributed by atoms with Crippen molar-refractivity contribution in [3.63, 3.8) is 0 Å². The first-order chi connectivity index (χ1) is 6.52. The summed E-state index contributed by atoms with van der Waals surface area (Å²) >= 11 is 0. The molecule has 0 spiro atoms. The monoisotopic (exact) mass is 211 g/mol. The average Bonchev–Trinajstić information content (AvgIpc) is 2.32. The lowest BCUT2D eigenvalue weighted by molar-refractivity contribution is 0.326. The van der Waals surface area contributed by atoms with Crippen molar-refractivity contribution in [1.29, 1.82) is 0 Å². The molecule has 82 valence electrons. The Labute approximate surface area is 90.2 Å². The topological polar surface area (TPSA) is 3.24 Å². The van der Waals surface area contributed by atoms with E-state index in [-0.39, 0.29) is 0 Å². The third kappa shape index (κ3) is 3.58. The number of nitrogens with zero attached hydrogens (tertiary/aromatic N) is 1. The van der Waals surface area contributed by atoms with Crippen LogP contribution in [0.4, 0.5) is 0 Å². The molecule has 0 aromatic heterocycles. The third-order valence-corrected chi connectivity index (χ3v) is 7.02. The number of hydrogen-bond acceptors (Lipinski definition) is 1. The van der Waals surface area contributed by atoms with E-state index in [1.54, 1.807) is 0 Å². The van der Waals surface area contributed by atoms with Crippen molar-refractivity contribution in [1.82, 2.24) is 4.90 Å². The van der Waals surface area contributed by atoms with Gasteiger partial charge in [-0.25, -0.2) is 0 Å². The molecule has 1 nitrogen and oxygen atoms in total. The van der Waals surface area contributed by atoms with E-state index in [9.17, 15) is 0 Å². The lowest BCUT2D eigenvalue weighted by Crippen LogP contribution is -2.44. The maximum Gasteiger partial charge on any atom is 0.0886 e. The summed E-state index contributed by atoms with van der Waals surface area (Å²) in [6.07, 6.45) is 7.00. The van der Waals surface area contributed by atoms with Gasteiger partial charge in [0.25, 0.3) is 0 Å². The van der Waals surface area contributed by atoms with Gasteiger partial charge < -0.3 is 4.90 Å². The van der Waals surface area contributed by atoms with Crippen LogP contribution < -0.4 is 0 Å². The van der Waals surface area contributed by atoms with Crippen LogP contribution in [0.3, 0.4) is 0 Å². The maximum absolute atomic E-state index is 4.15. The average molecular weight is 211 g/mol. The molecular formula is C12H25NSi. The molecule has 14 heavy (non-hydrogen) atoms.